The lowest BCUT2D eigenvalue weighted by atomic mass is 9.81. The van der Waals surface area contributed by atoms with Crippen LogP contribution in [0.2, 0.25) is 5.02 Å². The molecule has 0 amide bonds. The molecule has 0 saturated heterocycles. The molecule has 16 heavy (non-hydrogen) atoms. The molecule has 0 fully saturated rings. The van der Waals surface area contributed by atoms with E-state index in [0.29, 0.717) is 17.9 Å². The molecule has 0 aromatic heterocycles. The predicted molar refractivity (Wildman–Crippen MR) is 62.2 cm³/mol. The second-order valence-electron chi connectivity index (χ2n) is 4.11. The Kier molecular flexibility index (Phi) is 3.17. The fourth-order valence-electron chi connectivity index (χ4n) is 2.24. The molecule has 1 aromatic carbocycles. The molecular weight excluding hydrogens is 226 g/mol. The quantitative estimate of drug-likeness (QED) is 0.764. The average Bonchev–Trinajstić information content (AvgIpc) is 2.27. The van der Waals surface area contributed by atoms with Crippen LogP contribution in [0.4, 0.5) is 0 Å². The third-order valence-electron chi connectivity index (χ3n) is 3.04. The Morgan fingerprint density at radius 3 is 3.00 bits per heavy atom. The number of esters is 1. The number of methoxy groups -OCH3 is 1. The van der Waals surface area contributed by atoms with Gasteiger partial charge in [-0.15, -0.1) is 0 Å². The fourth-order valence-corrected chi connectivity index (χ4v) is 2.44. The van der Waals surface area contributed by atoms with Crippen molar-refractivity contribution in [2.45, 2.75) is 18.9 Å². The van der Waals surface area contributed by atoms with Crippen LogP contribution in [0.3, 0.4) is 0 Å². The lowest BCUT2D eigenvalue weighted by molar-refractivity contribution is -0.146. The van der Waals surface area contributed by atoms with Crippen molar-refractivity contribution < 1.29 is 9.53 Å². The van der Waals surface area contributed by atoms with Gasteiger partial charge in [-0.1, -0.05) is 17.7 Å². The number of fused-ring (bicyclic) bond motifs is 1. The summed E-state index contributed by atoms with van der Waals surface area (Å²) in [6.07, 6.45) is 1.30. The van der Waals surface area contributed by atoms with E-state index in [-0.39, 0.29) is 17.9 Å². The Morgan fingerprint density at radius 1 is 1.56 bits per heavy atom. The zero-order valence-corrected chi connectivity index (χ0v) is 9.83. The Bertz CT molecular complexity index is 419. The molecule has 0 spiro atoms. The predicted octanol–water partition coefficient (Wildman–Crippen LogP) is 2.08. The van der Waals surface area contributed by atoms with Crippen molar-refractivity contribution in [1.82, 2.24) is 0 Å². The summed E-state index contributed by atoms with van der Waals surface area (Å²) in [4.78, 5) is 11.5. The molecule has 2 rings (SSSR count). The number of hydrogen-bond acceptors (Lipinski definition) is 3. The summed E-state index contributed by atoms with van der Waals surface area (Å²) in [7, 11) is 1.40. The summed E-state index contributed by atoms with van der Waals surface area (Å²) < 4.78 is 4.76. The molecule has 3 nitrogen and oxygen atoms in total. The van der Waals surface area contributed by atoms with Gasteiger partial charge >= 0.3 is 5.97 Å². The van der Waals surface area contributed by atoms with E-state index in [1.54, 1.807) is 0 Å². The van der Waals surface area contributed by atoms with Gasteiger partial charge < -0.3 is 10.5 Å². The number of benzene rings is 1. The lowest BCUT2D eigenvalue weighted by Gasteiger charge is -2.27. The molecule has 2 atom stereocenters. The van der Waals surface area contributed by atoms with Crippen LogP contribution in [0.25, 0.3) is 0 Å². The van der Waals surface area contributed by atoms with Crippen molar-refractivity contribution in [2.75, 3.05) is 7.11 Å². The first-order chi connectivity index (χ1) is 7.61. The van der Waals surface area contributed by atoms with Crippen LogP contribution in [0.1, 0.15) is 23.6 Å². The molecule has 1 aromatic rings. The van der Waals surface area contributed by atoms with Gasteiger partial charge in [0.05, 0.1) is 13.0 Å². The van der Waals surface area contributed by atoms with Crippen LogP contribution in [-0.4, -0.2) is 13.1 Å². The summed E-state index contributed by atoms with van der Waals surface area (Å²) in [5.41, 5.74) is 8.17. The Morgan fingerprint density at radius 2 is 2.31 bits per heavy atom. The maximum absolute atomic E-state index is 11.5. The highest BCUT2D eigenvalue weighted by Gasteiger charge is 2.29. The summed E-state index contributed by atoms with van der Waals surface area (Å²) in [6.45, 7) is 0. The van der Waals surface area contributed by atoms with Crippen LogP contribution < -0.4 is 5.73 Å². The molecule has 1 aliphatic rings. The van der Waals surface area contributed by atoms with Gasteiger partial charge in [0.25, 0.3) is 0 Å². The standard InChI is InChI=1S/C12H14ClNO2/c1-16-12(15)8-4-7-5-9(13)2-3-10(7)11(14)6-8/h2-3,5,8,11H,4,6,14H2,1H3. The van der Waals surface area contributed by atoms with Gasteiger partial charge in [-0.25, -0.2) is 0 Å². The molecule has 2 N–H and O–H groups in total. The SMILES string of the molecule is COC(=O)C1Cc2cc(Cl)ccc2C(N)C1. The molecule has 4 heteroatoms. The molecule has 1 aliphatic carbocycles. The minimum Gasteiger partial charge on any atom is -0.469 e. The number of ether oxygens (including phenoxy) is 1. The minimum absolute atomic E-state index is 0.106. The van der Waals surface area contributed by atoms with Crippen LogP contribution in [0, 0.1) is 5.92 Å². The molecule has 86 valence electrons. The van der Waals surface area contributed by atoms with E-state index in [1.165, 1.54) is 7.11 Å². The van der Waals surface area contributed by atoms with E-state index in [9.17, 15) is 4.79 Å². The Labute approximate surface area is 99.5 Å². The smallest absolute Gasteiger partial charge is 0.309 e. The third kappa shape index (κ3) is 2.06. The van der Waals surface area contributed by atoms with Gasteiger partial charge in [0.15, 0.2) is 0 Å². The number of halogens is 1. The molecule has 0 saturated carbocycles. The number of nitrogens with two attached hydrogens (primary N) is 1. The zero-order chi connectivity index (χ0) is 11.7. The number of rotatable bonds is 1. The second kappa shape index (κ2) is 4.44. The molecule has 0 aliphatic heterocycles. The highest BCUT2D eigenvalue weighted by atomic mass is 35.5. The van der Waals surface area contributed by atoms with Gasteiger partial charge in [-0.05, 0) is 36.1 Å². The van der Waals surface area contributed by atoms with E-state index in [0.717, 1.165) is 11.1 Å². The zero-order valence-electron chi connectivity index (χ0n) is 9.07. The lowest BCUT2D eigenvalue weighted by Crippen LogP contribution is -2.29. The van der Waals surface area contributed by atoms with Crippen molar-refractivity contribution in [3.63, 3.8) is 0 Å². The summed E-state index contributed by atoms with van der Waals surface area (Å²) in [5.74, 6) is -0.341. The van der Waals surface area contributed by atoms with E-state index < -0.39 is 0 Å². The first-order valence-electron chi connectivity index (χ1n) is 5.23. The second-order valence-corrected chi connectivity index (χ2v) is 4.55. The number of hydrogen-bond donors (Lipinski definition) is 1. The Hall–Kier alpha value is -1.06. The van der Waals surface area contributed by atoms with Crippen LogP contribution in [0.5, 0.6) is 0 Å². The summed E-state index contributed by atoms with van der Waals surface area (Å²) >= 11 is 5.93. The molecular formula is C12H14ClNO2. The summed E-state index contributed by atoms with van der Waals surface area (Å²) in [5, 5.41) is 0.677. The molecule has 0 radical (unpaired) electrons. The highest BCUT2D eigenvalue weighted by Crippen LogP contribution is 2.33. The van der Waals surface area contributed by atoms with E-state index in [2.05, 4.69) is 0 Å². The first-order valence-corrected chi connectivity index (χ1v) is 5.61. The monoisotopic (exact) mass is 239 g/mol. The molecule has 2 unspecified atom stereocenters. The largest absolute Gasteiger partial charge is 0.469 e. The topological polar surface area (TPSA) is 52.3 Å². The van der Waals surface area contributed by atoms with Crippen molar-refractivity contribution >= 4 is 17.6 Å². The van der Waals surface area contributed by atoms with Crippen molar-refractivity contribution in [3.05, 3.63) is 34.3 Å². The van der Waals surface area contributed by atoms with Gasteiger partial charge in [-0.3, -0.25) is 4.79 Å². The van der Waals surface area contributed by atoms with Gasteiger partial charge in [0, 0.05) is 11.1 Å². The van der Waals surface area contributed by atoms with Crippen molar-refractivity contribution in [2.24, 2.45) is 11.7 Å². The maximum atomic E-state index is 11.5. The maximum Gasteiger partial charge on any atom is 0.309 e. The summed E-state index contributed by atoms with van der Waals surface area (Å²) in [6, 6.07) is 5.55. The van der Waals surface area contributed by atoms with Crippen LogP contribution in [-0.2, 0) is 16.0 Å². The van der Waals surface area contributed by atoms with E-state index >= 15 is 0 Å². The van der Waals surface area contributed by atoms with Gasteiger partial charge in [0.1, 0.15) is 0 Å². The molecule has 0 bridgehead atoms. The molecule has 0 heterocycles. The highest BCUT2D eigenvalue weighted by molar-refractivity contribution is 6.30. The Balaban J connectivity index is 2.31. The number of carbonyl (C=O) groups is 1. The number of carbonyl (C=O) groups excluding carboxylic acids is 1. The average molecular weight is 240 g/mol. The third-order valence-corrected chi connectivity index (χ3v) is 3.28. The van der Waals surface area contributed by atoms with Gasteiger partial charge in [0.2, 0.25) is 0 Å². The van der Waals surface area contributed by atoms with E-state index in [1.807, 2.05) is 18.2 Å². The minimum atomic E-state index is -0.193. The normalized spacial score (nSPS) is 23.7. The van der Waals surface area contributed by atoms with Crippen molar-refractivity contribution in [1.29, 1.82) is 0 Å². The first kappa shape index (κ1) is 11.4. The van der Waals surface area contributed by atoms with Crippen LogP contribution >= 0.6 is 11.6 Å². The van der Waals surface area contributed by atoms with Crippen molar-refractivity contribution in [3.8, 4) is 0 Å². The fraction of sp³-hybridized carbons (Fsp3) is 0.417. The van der Waals surface area contributed by atoms with E-state index in [4.69, 9.17) is 22.1 Å². The van der Waals surface area contributed by atoms with Crippen LogP contribution in [0.15, 0.2) is 18.2 Å². The van der Waals surface area contributed by atoms with Gasteiger partial charge in [-0.2, -0.15) is 0 Å².